The normalized spacial score (nSPS) is 12.5. The molecule has 0 bridgehead atoms. The average molecular weight is 320 g/mol. The van der Waals surface area contributed by atoms with E-state index >= 15 is 0 Å². The fourth-order valence-electron chi connectivity index (χ4n) is 1.33. The molecule has 0 fully saturated rings. The van der Waals surface area contributed by atoms with E-state index in [1.54, 1.807) is 0 Å². The fourth-order valence-corrected chi connectivity index (χ4v) is 1.55. The van der Waals surface area contributed by atoms with Gasteiger partial charge in [0.15, 0.2) is 0 Å². The lowest BCUT2D eigenvalue weighted by molar-refractivity contribution is 0.990. The van der Waals surface area contributed by atoms with Crippen molar-refractivity contribution < 1.29 is 0 Å². The van der Waals surface area contributed by atoms with Crippen LogP contribution in [0.4, 0.5) is 0 Å². The Hall–Kier alpha value is -0.350. The maximum atomic E-state index is 4.45. The highest BCUT2D eigenvalue weighted by Gasteiger charge is 2.06. The molecule has 2 rings (SSSR count). The lowest BCUT2D eigenvalue weighted by Crippen LogP contribution is -1.84. The van der Waals surface area contributed by atoms with Crippen molar-refractivity contribution in [2.24, 2.45) is 0 Å². The quantitative estimate of drug-likeness (QED) is 0.793. The number of hydrogen-bond donors (Lipinski definition) is 1. The second kappa shape index (κ2) is 4.45. The number of halogens is 2. The van der Waals surface area contributed by atoms with Crippen LogP contribution in [-0.2, 0) is 0 Å². The predicted molar refractivity (Wildman–Crippen MR) is 68.5 cm³/mol. The maximum absolute atomic E-state index is 4.45. The molecular formula is C10H12Br2N2. The first kappa shape index (κ1) is 11.7. The van der Waals surface area contributed by atoms with Crippen molar-refractivity contribution in [1.29, 1.82) is 0 Å². The Morgan fingerprint density at radius 2 is 2.14 bits per heavy atom. The van der Waals surface area contributed by atoms with Gasteiger partial charge in [-0.05, 0) is 31.5 Å². The van der Waals surface area contributed by atoms with Crippen LogP contribution in [0.5, 0.6) is 0 Å². The minimum atomic E-state index is 0. The first-order chi connectivity index (χ1) is 6.16. The summed E-state index contributed by atoms with van der Waals surface area (Å²) in [6.45, 7) is 4.14. The van der Waals surface area contributed by atoms with Crippen molar-refractivity contribution in [1.82, 2.24) is 9.97 Å². The number of rotatable bonds is 1. The molecule has 4 heteroatoms. The molecule has 0 radical (unpaired) electrons. The van der Waals surface area contributed by atoms with Crippen LogP contribution in [0.1, 0.15) is 23.1 Å². The number of fused-ring (bicyclic) bond motifs is 1. The molecule has 0 saturated heterocycles. The summed E-state index contributed by atoms with van der Waals surface area (Å²) < 4.78 is 0. The van der Waals surface area contributed by atoms with Gasteiger partial charge in [0.25, 0.3) is 0 Å². The van der Waals surface area contributed by atoms with Crippen LogP contribution in [0.25, 0.3) is 11.0 Å². The van der Waals surface area contributed by atoms with E-state index in [1.807, 2.05) is 6.07 Å². The molecule has 0 amide bonds. The van der Waals surface area contributed by atoms with Crippen LogP contribution >= 0.6 is 32.9 Å². The Morgan fingerprint density at radius 1 is 1.43 bits per heavy atom. The van der Waals surface area contributed by atoms with Gasteiger partial charge in [-0.2, -0.15) is 0 Å². The molecule has 1 N–H and O–H groups in total. The summed E-state index contributed by atoms with van der Waals surface area (Å²) in [6.07, 6.45) is 0. The molecule has 0 aliphatic heterocycles. The van der Waals surface area contributed by atoms with Crippen molar-refractivity contribution >= 4 is 43.9 Å². The number of nitrogens with zero attached hydrogens (tertiary/aromatic N) is 1. The van der Waals surface area contributed by atoms with Crippen molar-refractivity contribution in [3.8, 4) is 0 Å². The molecule has 76 valence electrons. The first-order valence-electron chi connectivity index (χ1n) is 4.27. The van der Waals surface area contributed by atoms with Crippen LogP contribution in [-0.4, -0.2) is 9.97 Å². The molecule has 0 spiro atoms. The number of aryl methyl sites for hydroxylation is 1. The zero-order chi connectivity index (χ0) is 9.42. The summed E-state index contributed by atoms with van der Waals surface area (Å²) >= 11 is 3.49. The molecule has 1 aromatic carbocycles. The lowest BCUT2D eigenvalue weighted by Gasteiger charge is -1.93. The van der Waals surface area contributed by atoms with E-state index in [0.717, 1.165) is 16.9 Å². The Labute approximate surface area is 102 Å². The van der Waals surface area contributed by atoms with Crippen LogP contribution < -0.4 is 0 Å². The Balaban J connectivity index is 0.000000980. The van der Waals surface area contributed by atoms with Gasteiger partial charge in [0.1, 0.15) is 5.82 Å². The zero-order valence-corrected chi connectivity index (χ0v) is 11.3. The Morgan fingerprint density at radius 3 is 2.79 bits per heavy atom. The number of imidazole rings is 1. The summed E-state index contributed by atoms with van der Waals surface area (Å²) in [5.74, 6) is 0.987. The Kier molecular flexibility index (Phi) is 3.72. The van der Waals surface area contributed by atoms with Gasteiger partial charge in [-0.15, -0.1) is 17.0 Å². The largest absolute Gasteiger partial charge is 0.341 e. The highest BCUT2D eigenvalue weighted by atomic mass is 79.9. The van der Waals surface area contributed by atoms with E-state index in [0.29, 0.717) is 0 Å². The second-order valence-electron chi connectivity index (χ2n) is 3.26. The smallest absolute Gasteiger partial charge is 0.120 e. The van der Waals surface area contributed by atoms with Gasteiger partial charge in [0.05, 0.1) is 15.9 Å². The van der Waals surface area contributed by atoms with Crippen molar-refractivity contribution in [3.05, 3.63) is 29.6 Å². The van der Waals surface area contributed by atoms with Crippen LogP contribution in [0, 0.1) is 6.92 Å². The Bertz CT molecular complexity index is 435. The molecular weight excluding hydrogens is 308 g/mol. The molecule has 0 saturated carbocycles. The van der Waals surface area contributed by atoms with Gasteiger partial charge in [-0.1, -0.05) is 22.0 Å². The third-order valence-corrected chi connectivity index (χ3v) is 2.47. The summed E-state index contributed by atoms with van der Waals surface area (Å²) in [6, 6.07) is 6.23. The van der Waals surface area contributed by atoms with E-state index in [-0.39, 0.29) is 21.8 Å². The molecule has 0 aliphatic rings. The number of H-pyrrole nitrogens is 1. The predicted octanol–water partition coefficient (Wildman–Crippen LogP) is 3.91. The molecule has 1 heterocycles. The average Bonchev–Trinajstić information content (AvgIpc) is 2.46. The van der Waals surface area contributed by atoms with Crippen LogP contribution in [0.2, 0.25) is 0 Å². The minimum Gasteiger partial charge on any atom is -0.341 e. The molecule has 1 unspecified atom stereocenters. The van der Waals surface area contributed by atoms with Crippen LogP contribution in [0.3, 0.4) is 0 Å². The topological polar surface area (TPSA) is 28.7 Å². The number of aromatic nitrogens is 2. The zero-order valence-electron chi connectivity index (χ0n) is 8.04. The maximum Gasteiger partial charge on any atom is 0.120 e. The van der Waals surface area contributed by atoms with Gasteiger partial charge >= 0.3 is 0 Å². The summed E-state index contributed by atoms with van der Waals surface area (Å²) in [5, 5.41) is 0. The summed E-state index contributed by atoms with van der Waals surface area (Å²) in [5.41, 5.74) is 3.40. The highest BCUT2D eigenvalue weighted by Crippen LogP contribution is 2.22. The van der Waals surface area contributed by atoms with Gasteiger partial charge in [-0.3, -0.25) is 0 Å². The van der Waals surface area contributed by atoms with Crippen molar-refractivity contribution in [2.75, 3.05) is 0 Å². The van der Waals surface area contributed by atoms with E-state index in [4.69, 9.17) is 0 Å². The number of aromatic amines is 1. The van der Waals surface area contributed by atoms with Gasteiger partial charge in [0, 0.05) is 0 Å². The number of nitrogens with one attached hydrogen (secondary N) is 1. The first-order valence-corrected chi connectivity index (χ1v) is 5.19. The second-order valence-corrected chi connectivity index (χ2v) is 4.63. The highest BCUT2D eigenvalue weighted by molar-refractivity contribution is 9.09. The van der Waals surface area contributed by atoms with Crippen molar-refractivity contribution in [3.63, 3.8) is 0 Å². The molecule has 2 aromatic rings. The minimum absolute atomic E-state index is 0. The van der Waals surface area contributed by atoms with Gasteiger partial charge < -0.3 is 4.98 Å². The third-order valence-electron chi connectivity index (χ3n) is 2.03. The lowest BCUT2D eigenvalue weighted by atomic mass is 10.2. The molecule has 14 heavy (non-hydrogen) atoms. The SMILES string of the molecule is Br.Cc1ccc2nc(C(C)Br)[nH]c2c1. The van der Waals surface area contributed by atoms with E-state index in [9.17, 15) is 0 Å². The van der Waals surface area contributed by atoms with Gasteiger partial charge in [-0.25, -0.2) is 4.98 Å². The van der Waals surface area contributed by atoms with E-state index in [1.165, 1.54) is 5.56 Å². The molecule has 2 nitrogen and oxygen atoms in total. The summed E-state index contributed by atoms with van der Waals surface area (Å²) in [7, 11) is 0. The molecule has 1 aromatic heterocycles. The number of hydrogen-bond acceptors (Lipinski definition) is 1. The molecule has 0 aliphatic carbocycles. The number of benzene rings is 1. The monoisotopic (exact) mass is 318 g/mol. The van der Waals surface area contributed by atoms with Gasteiger partial charge in [0.2, 0.25) is 0 Å². The summed E-state index contributed by atoms with van der Waals surface area (Å²) in [4.78, 5) is 8.01. The van der Waals surface area contributed by atoms with Crippen LogP contribution in [0.15, 0.2) is 18.2 Å². The third kappa shape index (κ3) is 2.17. The number of alkyl halides is 1. The van der Waals surface area contributed by atoms with E-state index in [2.05, 4.69) is 51.9 Å². The molecule has 1 atom stereocenters. The van der Waals surface area contributed by atoms with E-state index < -0.39 is 0 Å². The fraction of sp³-hybridized carbons (Fsp3) is 0.300. The van der Waals surface area contributed by atoms with Crippen molar-refractivity contribution in [2.45, 2.75) is 18.7 Å². The standard InChI is InChI=1S/C10H11BrN2.BrH/c1-6-3-4-8-9(5-6)13-10(12-8)7(2)11;/h3-5,7H,1-2H3,(H,12,13);1H.